The molecule has 4 heteroatoms. The fourth-order valence-electron chi connectivity index (χ4n) is 2.18. The number of halogens is 2. The van der Waals surface area contributed by atoms with Crippen molar-refractivity contribution in [2.45, 2.75) is 11.8 Å². The molecular formula is C17H18ClFO2. The number of ether oxygens (including phenoxy) is 2. The number of methoxy groups -OCH3 is 2. The fraction of sp³-hybridized carbons (Fsp3) is 0.294. The summed E-state index contributed by atoms with van der Waals surface area (Å²) >= 11 is 6.43. The molecule has 0 aliphatic rings. The minimum absolute atomic E-state index is 0.363. The first-order valence-electron chi connectivity index (χ1n) is 6.71. The molecule has 112 valence electrons. The van der Waals surface area contributed by atoms with Crippen LogP contribution in [-0.4, -0.2) is 20.8 Å². The van der Waals surface area contributed by atoms with E-state index in [1.165, 1.54) is 13.2 Å². The molecule has 0 aromatic heterocycles. The first kappa shape index (κ1) is 15.8. The van der Waals surface area contributed by atoms with E-state index in [0.29, 0.717) is 17.9 Å². The van der Waals surface area contributed by atoms with Crippen molar-refractivity contribution in [3.8, 4) is 5.75 Å². The van der Waals surface area contributed by atoms with Crippen LogP contribution in [0.15, 0.2) is 42.5 Å². The zero-order valence-electron chi connectivity index (χ0n) is 12.1. The second-order valence-electron chi connectivity index (χ2n) is 4.70. The molecule has 0 saturated carbocycles. The summed E-state index contributed by atoms with van der Waals surface area (Å²) in [6, 6.07) is 12.5. The summed E-state index contributed by atoms with van der Waals surface area (Å²) in [5, 5.41) is -0.586. The number of benzene rings is 2. The molecule has 0 aliphatic carbocycles. The first-order chi connectivity index (χ1) is 10.2. The maximum Gasteiger partial charge on any atom is 0.131 e. The summed E-state index contributed by atoms with van der Waals surface area (Å²) < 4.78 is 24.3. The fourth-order valence-corrected chi connectivity index (χ4v) is 2.54. The first-order valence-corrected chi connectivity index (χ1v) is 7.15. The van der Waals surface area contributed by atoms with Crippen LogP contribution in [0.25, 0.3) is 0 Å². The normalized spacial score (nSPS) is 12.2. The van der Waals surface area contributed by atoms with E-state index in [1.54, 1.807) is 19.2 Å². The zero-order chi connectivity index (χ0) is 15.2. The second kappa shape index (κ2) is 7.43. The van der Waals surface area contributed by atoms with Gasteiger partial charge >= 0.3 is 0 Å². The molecule has 0 heterocycles. The predicted molar refractivity (Wildman–Crippen MR) is 82.7 cm³/mol. The van der Waals surface area contributed by atoms with Gasteiger partial charge in [0.1, 0.15) is 11.6 Å². The molecule has 2 rings (SSSR count). The molecule has 2 aromatic carbocycles. The van der Waals surface area contributed by atoms with E-state index in [4.69, 9.17) is 21.1 Å². The van der Waals surface area contributed by atoms with E-state index in [0.717, 1.165) is 17.5 Å². The Morgan fingerprint density at radius 3 is 2.43 bits per heavy atom. The third kappa shape index (κ3) is 3.74. The highest BCUT2D eigenvalue weighted by Gasteiger charge is 2.19. The Morgan fingerprint density at radius 1 is 1.10 bits per heavy atom. The van der Waals surface area contributed by atoms with Crippen molar-refractivity contribution >= 4 is 11.6 Å². The van der Waals surface area contributed by atoms with Gasteiger partial charge in [0.05, 0.1) is 24.7 Å². The molecule has 2 aromatic rings. The van der Waals surface area contributed by atoms with Crippen LogP contribution in [0, 0.1) is 5.82 Å². The molecule has 0 N–H and O–H groups in total. The summed E-state index contributed by atoms with van der Waals surface area (Å²) in [7, 11) is 3.18. The second-order valence-corrected chi connectivity index (χ2v) is 5.14. The Hall–Kier alpha value is -1.58. The molecule has 0 amide bonds. The maximum atomic E-state index is 14.0. The monoisotopic (exact) mass is 308 g/mol. The molecule has 0 saturated heterocycles. The molecule has 0 radical (unpaired) electrons. The summed E-state index contributed by atoms with van der Waals surface area (Å²) in [6.45, 7) is 0.671. The summed E-state index contributed by atoms with van der Waals surface area (Å²) in [6.07, 6.45) is 0.840. The molecule has 1 unspecified atom stereocenters. The third-order valence-electron chi connectivity index (χ3n) is 3.35. The molecule has 21 heavy (non-hydrogen) atoms. The van der Waals surface area contributed by atoms with Crippen LogP contribution in [0.5, 0.6) is 5.75 Å². The van der Waals surface area contributed by atoms with Crippen LogP contribution in [0.2, 0.25) is 0 Å². The van der Waals surface area contributed by atoms with E-state index >= 15 is 0 Å². The number of rotatable bonds is 6. The smallest absolute Gasteiger partial charge is 0.131 e. The van der Waals surface area contributed by atoms with Gasteiger partial charge in [-0.2, -0.15) is 0 Å². The maximum absolute atomic E-state index is 14.0. The predicted octanol–water partition coefficient (Wildman–Crippen LogP) is 4.35. The van der Waals surface area contributed by atoms with E-state index in [1.807, 2.05) is 24.3 Å². The molecule has 0 fully saturated rings. The lowest BCUT2D eigenvalue weighted by atomic mass is 10.0. The lowest BCUT2D eigenvalue weighted by Crippen LogP contribution is -2.01. The Balaban J connectivity index is 2.26. The van der Waals surface area contributed by atoms with Gasteiger partial charge in [-0.05, 0) is 29.7 Å². The Bertz CT molecular complexity index is 584. The van der Waals surface area contributed by atoms with Crippen LogP contribution in [0.4, 0.5) is 4.39 Å². The lowest BCUT2D eigenvalue weighted by molar-refractivity contribution is 0.202. The standard InChI is InChI=1S/C17H18ClFO2/c1-20-11-10-12-6-8-13(9-7-12)17(18)16-14(19)4-3-5-15(16)21-2/h3-9,17H,10-11H2,1-2H3. The molecule has 0 bridgehead atoms. The van der Waals surface area contributed by atoms with Crippen LogP contribution in [0.3, 0.4) is 0 Å². The van der Waals surface area contributed by atoms with Crippen molar-refractivity contribution < 1.29 is 13.9 Å². The number of alkyl halides is 1. The molecule has 0 aliphatic heterocycles. The van der Waals surface area contributed by atoms with Gasteiger partial charge in [-0.3, -0.25) is 0 Å². The Labute approximate surface area is 129 Å². The quantitative estimate of drug-likeness (QED) is 0.739. The summed E-state index contributed by atoms with van der Waals surface area (Å²) in [5.74, 6) is 0.0938. The average molecular weight is 309 g/mol. The van der Waals surface area contributed by atoms with Crippen LogP contribution < -0.4 is 4.74 Å². The van der Waals surface area contributed by atoms with Crippen molar-refractivity contribution in [2.24, 2.45) is 0 Å². The van der Waals surface area contributed by atoms with Crippen molar-refractivity contribution in [3.63, 3.8) is 0 Å². The van der Waals surface area contributed by atoms with E-state index < -0.39 is 5.38 Å². The molecule has 0 spiro atoms. The van der Waals surface area contributed by atoms with Gasteiger partial charge in [0.2, 0.25) is 0 Å². The van der Waals surface area contributed by atoms with E-state index in [9.17, 15) is 4.39 Å². The van der Waals surface area contributed by atoms with Crippen molar-refractivity contribution in [1.82, 2.24) is 0 Å². The molecular weight excluding hydrogens is 291 g/mol. The van der Waals surface area contributed by atoms with E-state index in [2.05, 4.69) is 0 Å². The lowest BCUT2D eigenvalue weighted by Gasteiger charge is -2.15. The van der Waals surface area contributed by atoms with Gasteiger partial charge in [0, 0.05) is 7.11 Å². The highest BCUT2D eigenvalue weighted by Crippen LogP contribution is 2.36. The van der Waals surface area contributed by atoms with Gasteiger partial charge in [0.25, 0.3) is 0 Å². The van der Waals surface area contributed by atoms with E-state index in [-0.39, 0.29) is 5.82 Å². The minimum atomic E-state index is -0.586. The third-order valence-corrected chi connectivity index (χ3v) is 3.82. The number of hydrogen-bond donors (Lipinski definition) is 0. The minimum Gasteiger partial charge on any atom is -0.496 e. The van der Waals surface area contributed by atoms with Gasteiger partial charge in [0.15, 0.2) is 0 Å². The van der Waals surface area contributed by atoms with Crippen molar-refractivity contribution in [3.05, 3.63) is 65.0 Å². The van der Waals surface area contributed by atoms with Crippen molar-refractivity contribution in [1.29, 1.82) is 0 Å². The van der Waals surface area contributed by atoms with Gasteiger partial charge in [-0.25, -0.2) is 4.39 Å². The van der Waals surface area contributed by atoms with Crippen LogP contribution >= 0.6 is 11.6 Å². The zero-order valence-corrected chi connectivity index (χ0v) is 12.9. The Morgan fingerprint density at radius 2 is 1.81 bits per heavy atom. The Kier molecular flexibility index (Phi) is 5.59. The number of hydrogen-bond acceptors (Lipinski definition) is 2. The topological polar surface area (TPSA) is 18.5 Å². The van der Waals surface area contributed by atoms with Gasteiger partial charge < -0.3 is 9.47 Å². The largest absolute Gasteiger partial charge is 0.496 e. The molecule has 1 atom stereocenters. The van der Waals surface area contributed by atoms with Crippen LogP contribution in [-0.2, 0) is 11.2 Å². The van der Waals surface area contributed by atoms with Gasteiger partial charge in [-0.1, -0.05) is 30.3 Å². The van der Waals surface area contributed by atoms with Crippen molar-refractivity contribution in [2.75, 3.05) is 20.8 Å². The summed E-state index contributed by atoms with van der Waals surface area (Å²) in [4.78, 5) is 0. The highest BCUT2D eigenvalue weighted by atomic mass is 35.5. The summed E-state index contributed by atoms with van der Waals surface area (Å²) in [5.41, 5.74) is 2.36. The molecule has 2 nitrogen and oxygen atoms in total. The van der Waals surface area contributed by atoms with Crippen LogP contribution in [0.1, 0.15) is 22.1 Å². The van der Waals surface area contributed by atoms with Gasteiger partial charge in [-0.15, -0.1) is 11.6 Å². The SMILES string of the molecule is COCCc1ccc(C(Cl)c2c(F)cccc2OC)cc1. The highest BCUT2D eigenvalue weighted by molar-refractivity contribution is 6.22. The average Bonchev–Trinajstić information content (AvgIpc) is 2.52.